The first-order valence-electron chi connectivity index (χ1n) is 10.5. The summed E-state index contributed by atoms with van der Waals surface area (Å²) in [6.45, 7) is 4.97. The van der Waals surface area contributed by atoms with Gasteiger partial charge >= 0.3 is 11.9 Å². The SMILES string of the molecule is CCOC(=O)C1=C(C)N=c2s/c(=C\c3ccc(OC(C)=O)cc3)c(=O)n2[C@H]1c1ccccc1Cl. The van der Waals surface area contributed by atoms with E-state index < -0.39 is 18.0 Å². The molecule has 1 atom stereocenters. The maximum absolute atomic E-state index is 13.6. The smallest absolute Gasteiger partial charge is 0.338 e. The second-order valence-electron chi connectivity index (χ2n) is 7.49. The average molecular weight is 497 g/mol. The molecule has 2 heterocycles. The third-order valence-corrected chi connectivity index (χ3v) is 6.48. The summed E-state index contributed by atoms with van der Waals surface area (Å²) in [5, 5.41) is 0.430. The third-order valence-electron chi connectivity index (χ3n) is 5.16. The van der Waals surface area contributed by atoms with E-state index in [-0.39, 0.29) is 17.7 Å². The summed E-state index contributed by atoms with van der Waals surface area (Å²) in [6, 6.07) is 13.1. The van der Waals surface area contributed by atoms with E-state index >= 15 is 0 Å². The summed E-state index contributed by atoms with van der Waals surface area (Å²) >= 11 is 7.72. The Morgan fingerprint density at radius 1 is 1.18 bits per heavy atom. The number of fused-ring (bicyclic) bond motifs is 1. The number of carbonyl (C=O) groups is 2. The monoisotopic (exact) mass is 496 g/mol. The van der Waals surface area contributed by atoms with Gasteiger partial charge in [-0.3, -0.25) is 14.2 Å². The molecular formula is C25H21ClN2O5S. The van der Waals surface area contributed by atoms with Crippen molar-refractivity contribution < 1.29 is 19.1 Å². The van der Waals surface area contributed by atoms with Crippen molar-refractivity contribution in [3.8, 4) is 5.75 Å². The molecule has 7 nitrogen and oxygen atoms in total. The maximum atomic E-state index is 13.6. The van der Waals surface area contributed by atoms with Crippen molar-refractivity contribution in [3.05, 3.63) is 95.6 Å². The van der Waals surface area contributed by atoms with Crippen LogP contribution in [-0.2, 0) is 14.3 Å². The molecule has 0 N–H and O–H groups in total. The molecule has 34 heavy (non-hydrogen) atoms. The Bertz CT molecular complexity index is 1480. The molecule has 0 radical (unpaired) electrons. The largest absolute Gasteiger partial charge is 0.463 e. The molecule has 3 aromatic rings. The van der Waals surface area contributed by atoms with Gasteiger partial charge in [0, 0.05) is 11.9 Å². The predicted octanol–water partition coefficient (Wildman–Crippen LogP) is 3.38. The highest BCUT2D eigenvalue weighted by Crippen LogP contribution is 2.34. The van der Waals surface area contributed by atoms with Gasteiger partial charge in [0.05, 0.1) is 22.4 Å². The van der Waals surface area contributed by atoms with Crippen LogP contribution in [0, 0.1) is 0 Å². The summed E-state index contributed by atoms with van der Waals surface area (Å²) in [5.41, 5.74) is 1.81. The minimum atomic E-state index is -0.766. The zero-order chi connectivity index (χ0) is 24.4. The zero-order valence-corrected chi connectivity index (χ0v) is 20.3. The number of thiazole rings is 1. The number of aromatic nitrogens is 1. The molecule has 2 aromatic carbocycles. The van der Waals surface area contributed by atoms with Crippen molar-refractivity contribution in [3.63, 3.8) is 0 Å². The Kier molecular flexibility index (Phi) is 6.81. The van der Waals surface area contributed by atoms with Crippen LogP contribution in [0.4, 0.5) is 0 Å². The summed E-state index contributed by atoms with van der Waals surface area (Å²) in [5.74, 6) is -0.531. The van der Waals surface area contributed by atoms with Crippen LogP contribution in [0.25, 0.3) is 6.08 Å². The number of allylic oxidation sites excluding steroid dienone is 1. The van der Waals surface area contributed by atoms with Crippen molar-refractivity contribution in [1.29, 1.82) is 0 Å². The van der Waals surface area contributed by atoms with Crippen molar-refractivity contribution in [2.24, 2.45) is 4.99 Å². The molecule has 4 rings (SSSR count). The minimum Gasteiger partial charge on any atom is -0.463 e. The maximum Gasteiger partial charge on any atom is 0.338 e. The fourth-order valence-corrected chi connectivity index (χ4v) is 5.02. The van der Waals surface area contributed by atoms with Gasteiger partial charge < -0.3 is 9.47 Å². The number of carbonyl (C=O) groups excluding carboxylic acids is 2. The van der Waals surface area contributed by atoms with E-state index in [1.54, 1.807) is 68.5 Å². The molecule has 0 saturated heterocycles. The number of halogens is 1. The van der Waals surface area contributed by atoms with Crippen LogP contribution < -0.4 is 19.6 Å². The molecule has 0 spiro atoms. The van der Waals surface area contributed by atoms with Crippen LogP contribution in [-0.4, -0.2) is 23.1 Å². The topological polar surface area (TPSA) is 87.0 Å². The van der Waals surface area contributed by atoms with Crippen LogP contribution >= 0.6 is 22.9 Å². The van der Waals surface area contributed by atoms with E-state index in [0.717, 1.165) is 5.56 Å². The fourth-order valence-electron chi connectivity index (χ4n) is 3.73. The summed E-state index contributed by atoms with van der Waals surface area (Å²) in [6.07, 6.45) is 1.73. The van der Waals surface area contributed by atoms with Crippen molar-refractivity contribution in [1.82, 2.24) is 4.57 Å². The van der Waals surface area contributed by atoms with Crippen LogP contribution in [0.15, 0.2) is 69.6 Å². The average Bonchev–Trinajstić information content (AvgIpc) is 3.09. The lowest BCUT2D eigenvalue weighted by Gasteiger charge is -2.25. The van der Waals surface area contributed by atoms with Gasteiger partial charge in [0.2, 0.25) is 0 Å². The highest BCUT2D eigenvalue weighted by molar-refractivity contribution is 7.07. The van der Waals surface area contributed by atoms with Crippen molar-refractivity contribution in [2.75, 3.05) is 6.61 Å². The number of rotatable bonds is 5. The molecule has 0 amide bonds. The Labute approximate surface area is 204 Å². The van der Waals surface area contributed by atoms with Gasteiger partial charge in [-0.15, -0.1) is 0 Å². The van der Waals surface area contributed by atoms with E-state index in [4.69, 9.17) is 21.1 Å². The Morgan fingerprint density at radius 2 is 1.88 bits per heavy atom. The molecule has 9 heteroatoms. The van der Waals surface area contributed by atoms with Gasteiger partial charge in [0.15, 0.2) is 4.80 Å². The highest BCUT2D eigenvalue weighted by Gasteiger charge is 2.34. The number of hydrogen-bond donors (Lipinski definition) is 0. The van der Waals surface area contributed by atoms with Gasteiger partial charge in [-0.1, -0.05) is 53.3 Å². The Morgan fingerprint density at radius 3 is 2.53 bits per heavy atom. The lowest BCUT2D eigenvalue weighted by molar-refractivity contribution is -0.139. The van der Waals surface area contributed by atoms with Gasteiger partial charge in [-0.05, 0) is 49.2 Å². The molecular weight excluding hydrogens is 476 g/mol. The third kappa shape index (κ3) is 4.60. The normalized spacial score (nSPS) is 15.5. The predicted molar refractivity (Wildman–Crippen MR) is 130 cm³/mol. The second-order valence-corrected chi connectivity index (χ2v) is 8.90. The first-order valence-corrected chi connectivity index (χ1v) is 11.7. The number of ether oxygens (including phenoxy) is 2. The van der Waals surface area contributed by atoms with Crippen LogP contribution in [0.1, 0.15) is 37.9 Å². The van der Waals surface area contributed by atoms with Gasteiger partial charge in [-0.25, -0.2) is 9.79 Å². The Hall–Kier alpha value is -3.49. The Balaban J connectivity index is 1.88. The van der Waals surface area contributed by atoms with E-state index in [2.05, 4.69) is 4.99 Å². The molecule has 1 aliphatic heterocycles. The summed E-state index contributed by atoms with van der Waals surface area (Å²) in [7, 11) is 0. The molecule has 0 aliphatic carbocycles. The summed E-state index contributed by atoms with van der Waals surface area (Å²) < 4.78 is 12.3. The fraction of sp³-hybridized carbons (Fsp3) is 0.200. The summed E-state index contributed by atoms with van der Waals surface area (Å²) in [4.78, 5) is 42.6. The van der Waals surface area contributed by atoms with E-state index in [1.165, 1.54) is 22.8 Å². The molecule has 1 aromatic heterocycles. The number of nitrogens with zero attached hydrogens (tertiary/aromatic N) is 2. The quantitative estimate of drug-likeness (QED) is 0.399. The number of esters is 2. The van der Waals surface area contributed by atoms with Gasteiger partial charge in [0.1, 0.15) is 11.8 Å². The molecule has 0 fully saturated rings. The van der Waals surface area contributed by atoms with Crippen molar-refractivity contribution in [2.45, 2.75) is 26.8 Å². The number of hydrogen-bond acceptors (Lipinski definition) is 7. The second kappa shape index (κ2) is 9.79. The van der Waals surface area contributed by atoms with Crippen LogP contribution in [0.5, 0.6) is 5.75 Å². The van der Waals surface area contributed by atoms with E-state index in [9.17, 15) is 14.4 Å². The molecule has 1 aliphatic rings. The molecule has 0 bridgehead atoms. The molecule has 0 saturated carbocycles. The molecule has 0 unspecified atom stereocenters. The lowest BCUT2D eigenvalue weighted by Crippen LogP contribution is -2.40. The van der Waals surface area contributed by atoms with E-state index in [1.807, 2.05) is 0 Å². The zero-order valence-electron chi connectivity index (χ0n) is 18.7. The van der Waals surface area contributed by atoms with Crippen LogP contribution in [0.2, 0.25) is 5.02 Å². The standard InChI is InChI=1S/C25H21ClN2O5S/c1-4-32-24(31)21-14(2)27-25-28(22(21)18-7-5-6-8-19(18)26)23(30)20(34-25)13-16-9-11-17(12-10-16)33-15(3)29/h5-13,22H,4H2,1-3H3/b20-13-/t22-/m0/s1. The van der Waals surface area contributed by atoms with Gasteiger partial charge in [-0.2, -0.15) is 0 Å². The first kappa shape index (κ1) is 23.7. The molecule has 174 valence electrons. The minimum absolute atomic E-state index is 0.193. The van der Waals surface area contributed by atoms with Gasteiger partial charge in [0.25, 0.3) is 5.56 Å². The first-order chi connectivity index (χ1) is 16.3. The van der Waals surface area contributed by atoms with Crippen molar-refractivity contribution >= 4 is 41.0 Å². The lowest BCUT2D eigenvalue weighted by atomic mass is 9.96. The van der Waals surface area contributed by atoms with Crippen LogP contribution in [0.3, 0.4) is 0 Å². The number of benzene rings is 2. The van der Waals surface area contributed by atoms with E-state index in [0.29, 0.717) is 31.4 Å². The highest BCUT2D eigenvalue weighted by atomic mass is 35.5.